The first-order valence-corrected chi connectivity index (χ1v) is 11.4. The Balaban J connectivity index is 1.96. The molecule has 0 atom stereocenters. The van der Waals surface area contributed by atoms with Gasteiger partial charge in [0.2, 0.25) is 0 Å². The summed E-state index contributed by atoms with van der Waals surface area (Å²) in [6, 6.07) is 30.6. The summed E-state index contributed by atoms with van der Waals surface area (Å²) in [5.74, 6) is 0. The minimum atomic E-state index is -3.55. The molecule has 30 heavy (non-hydrogen) atoms. The maximum Gasteiger partial charge on any atom is 0.264 e. The minimum Gasteiger partial charge on any atom is -0.319 e. The molecular formula is C24H22N2O3S. The molecule has 1 aromatic heterocycles. The summed E-state index contributed by atoms with van der Waals surface area (Å²) in [6.45, 7) is -0.111. The van der Waals surface area contributed by atoms with Crippen LogP contribution in [0.5, 0.6) is 0 Å². The van der Waals surface area contributed by atoms with Crippen molar-refractivity contribution < 1.29 is 12.6 Å². The summed E-state index contributed by atoms with van der Waals surface area (Å²) in [5.41, 5.74) is 3.05. The Bertz CT molecular complexity index is 1110. The van der Waals surface area contributed by atoms with Crippen molar-refractivity contribution in [1.29, 1.82) is 0 Å². The van der Waals surface area contributed by atoms with Crippen LogP contribution in [0.25, 0.3) is 0 Å². The van der Waals surface area contributed by atoms with Gasteiger partial charge in [0.05, 0.1) is 18.3 Å². The molecule has 0 saturated heterocycles. The van der Waals surface area contributed by atoms with E-state index < -0.39 is 15.7 Å². The predicted molar refractivity (Wildman–Crippen MR) is 116 cm³/mol. The van der Waals surface area contributed by atoms with E-state index in [1.54, 1.807) is 6.33 Å². The van der Waals surface area contributed by atoms with Crippen molar-refractivity contribution >= 4 is 10.1 Å². The second kappa shape index (κ2) is 8.26. The molecule has 0 saturated carbocycles. The quantitative estimate of drug-likeness (QED) is 0.333. The van der Waals surface area contributed by atoms with Gasteiger partial charge in [-0.2, -0.15) is 8.42 Å². The third kappa shape index (κ3) is 3.92. The number of rotatable bonds is 7. The van der Waals surface area contributed by atoms with Gasteiger partial charge in [-0.15, -0.1) is 0 Å². The smallest absolute Gasteiger partial charge is 0.264 e. The van der Waals surface area contributed by atoms with Crippen LogP contribution in [0.4, 0.5) is 0 Å². The van der Waals surface area contributed by atoms with E-state index in [2.05, 4.69) is 41.4 Å². The largest absolute Gasteiger partial charge is 0.319 e. The van der Waals surface area contributed by atoms with E-state index in [0.717, 1.165) is 22.9 Å². The lowest BCUT2D eigenvalue weighted by molar-refractivity contribution is 0.307. The van der Waals surface area contributed by atoms with Crippen molar-refractivity contribution in [2.45, 2.75) is 12.1 Å². The van der Waals surface area contributed by atoms with E-state index in [9.17, 15) is 8.42 Å². The average molecular weight is 419 g/mol. The highest BCUT2D eigenvalue weighted by Gasteiger charge is 2.38. The normalized spacial score (nSPS) is 12.0. The Hall–Kier alpha value is -3.22. The minimum absolute atomic E-state index is 0.111. The predicted octanol–water partition coefficient (Wildman–Crippen LogP) is 4.20. The molecule has 0 radical (unpaired) electrons. The Morgan fingerprint density at radius 3 is 1.63 bits per heavy atom. The zero-order valence-corrected chi connectivity index (χ0v) is 17.4. The molecule has 0 unspecified atom stereocenters. The fourth-order valence-corrected chi connectivity index (χ4v) is 4.11. The third-order valence-electron chi connectivity index (χ3n) is 5.02. The highest BCUT2D eigenvalue weighted by molar-refractivity contribution is 7.85. The van der Waals surface area contributed by atoms with E-state index in [0.29, 0.717) is 5.69 Å². The first-order chi connectivity index (χ1) is 14.5. The Labute approximate surface area is 176 Å². The summed E-state index contributed by atoms with van der Waals surface area (Å²) < 4.78 is 29.8. The number of hydrogen-bond acceptors (Lipinski definition) is 4. The SMILES string of the molecule is CS(=O)(=O)OCc1cn(C(c2ccccc2)(c2ccccc2)c2ccccc2)cn1. The molecular weight excluding hydrogens is 396 g/mol. The summed E-state index contributed by atoms with van der Waals surface area (Å²) in [7, 11) is -3.55. The van der Waals surface area contributed by atoms with E-state index in [4.69, 9.17) is 4.18 Å². The van der Waals surface area contributed by atoms with Gasteiger partial charge in [0, 0.05) is 6.20 Å². The lowest BCUT2D eigenvalue weighted by Crippen LogP contribution is -2.36. The van der Waals surface area contributed by atoms with Gasteiger partial charge >= 0.3 is 0 Å². The standard InChI is InChI=1S/C24H22N2O3S/c1-30(27,28)29-18-23-17-26(19-25-23)24(20-11-5-2-6-12-20,21-13-7-3-8-14-21)22-15-9-4-10-16-22/h2-17,19H,18H2,1H3. The van der Waals surface area contributed by atoms with Crippen molar-refractivity contribution in [1.82, 2.24) is 9.55 Å². The van der Waals surface area contributed by atoms with Crippen LogP contribution < -0.4 is 0 Å². The molecule has 152 valence electrons. The number of aromatic nitrogens is 2. The van der Waals surface area contributed by atoms with Gasteiger partial charge < -0.3 is 4.57 Å². The summed E-state index contributed by atoms with van der Waals surface area (Å²) in [4.78, 5) is 4.44. The van der Waals surface area contributed by atoms with Crippen LogP contribution in [0, 0.1) is 0 Å². The zero-order chi connectivity index (χ0) is 21.0. The fourth-order valence-electron chi connectivity index (χ4n) is 3.77. The van der Waals surface area contributed by atoms with E-state index in [-0.39, 0.29) is 6.61 Å². The monoisotopic (exact) mass is 418 g/mol. The highest BCUT2D eigenvalue weighted by Crippen LogP contribution is 2.40. The first-order valence-electron chi connectivity index (χ1n) is 9.54. The molecule has 0 aliphatic heterocycles. The van der Waals surface area contributed by atoms with Crippen LogP contribution in [0.3, 0.4) is 0 Å². The van der Waals surface area contributed by atoms with Crippen molar-refractivity contribution in [2.75, 3.05) is 6.26 Å². The summed E-state index contributed by atoms with van der Waals surface area (Å²) in [6.07, 6.45) is 4.61. The van der Waals surface area contributed by atoms with Gasteiger partial charge in [-0.05, 0) is 16.7 Å². The number of hydrogen-bond donors (Lipinski definition) is 0. The van der Waals surface area contributed by atoms with Crippen LogP contribution in [-0.2, 0) is 26.4 Å². The lowest BCUT2D eigenvalue weighted by atomic mass is 9.77. The molecule has 3 aromatic carbocycles. The molecule has 4 aromatic rings. The van der Waals surface area contributed by atoms with Gasteiger partial charge in [-0.1, -0.05) is 91.0 Å². The first kappa shape index (κ1) is 20.1. The van der Waals surface area contributed by atoms with Crippen LogP contribution in [-0.4, -0.2) is 24.2 Å². The van der Waals surface area contributed by atoms with Crippen LogP contribution >= 0.6 is 0 Å². The maximum atomic E-state index is 11.4. The van der Waals surface area contributed by atoms with Crippen molar-refractivity contribution in [3.8, 4) is 0 Å². The van der Waals surface area contributed by atoms with E-state index in [1.165, 1.54) is 0 Å². The van der Waals surface area contributed by atoms with Gasteiger partial charge in [0.15, 0.2) is 0 Å². The molecule has 0 bridgehead atoms. The molecule has 1 heterocycles. The Morgan fingerprint density at radius 1 is 0.800 bits per heavy atom. The molecule has 0 aliphatic carbocycles. The average Bonchev–Trinajstić information content (AvgIpc) is 3.24. The molecule has 0 spiro atoms. The maximum absolute atomic E-state index is 11.4. The van der Waals surface area contributed by atoms with Crippen LogP contribution in [0.2, 0.25) is 0 Å². The van der Waals surface area contributed by atoms with Crippen molar-refractivity contribution in [3.63, 3.8) is 0 Å². The molecule has 6 heteroatoms. The van der Waals surface area contributed by atoms with Gasteiger partial charge in [0.1, 0.15) is 12.1 Å². The molecule has 0 aliphatic rings. The summed E-state index contributed by atoms with van der Waals surface area (Å²) in [5, 5.41) is 0. The van der Waals surface area contributed by atoms with Crippen LogP contribution in [0.1, 0.15) is 22.4 Å². The van der Waals surface area contributed by atoms with Crippen molar-refractivity contribution in [2.24, 2.45) is 0 Å². The highest BCUT2D eigenvalue weighted by atomic mass is 32.2. The van der Waals surface area contributed by atoms with Gasteiger partial charge in [-0.25, -0.2) is 4.98 Å². The van der Waals surface area contributed by atoms with Gasteiger partial charge in [0.25, 0.3) is 10.1 Å². The van der Waals surface area contributed by atoms with Crippen LogP contribution in [0.15, 0.2) is 104 Å². The van der Waals surface area contributed by atoms with E-state index >= 15 is 0 Å². The Kier molecular flexibility index (Phi) is 5.53. The fraction of sp³-hybridized carbons (Fsp3) is 0.125. The second-order valence-electron chi connectivity index (χ2n) is 7.05. The van der Waals surface area contributed by atoms with Gasteiger partial charge in [-0.3, -0.25) is 4.18 Å². The second-order valence-corrected chi connectivity index (χ2v) is 8.69. The zero-order valence-electron chi connectivity index (χ0n) is 16.5. The number of imidazole rings is 1. The molecule has 4 rings (SSSR count). The van der Waals surface area contributed by atoms with Crippen molar-refractivity contribution in [3.05, 3.63) is 126 Å². The molecule has 5 nitrogen and oxygen atoms in total. The molecule has 0 fully saturated rings. The molecule has 0 N–H and O–H groups in total. The summed E-state index contributed by atoms with van der Waals surface area (Å²) >= 11 is 0. The number of benzene rings is 3. The lowest BCUT2D eigenvalue weighted by Gasteiger charge is -2.37. The third-order valence-corrected chi connectivity index (χ3v) is 5.56. The number of nitrogens with zero attached hydrogens (tertiary/aromatic N) is 2. The topological polar surface area (TPSA) is 61.2 Å². The van der Waals surface area contributed by atoms with E-state index in [1.807, 2.05) is 65.4 Å². The Morgan fingerprint density at radius 2 is 1.23 bits per heavy atom. The molecule has 0 amide bonds.